The highest BCUT2D eigenvalue weighted by atomic mass is 32.1. The molecule has 1 N–H and O–H groups in total. The topological polar surface area (TPSA) is 98.7 Å². The van der Waals surface area contributed by atoms with Gasteiger partial charge in [-0.3, -0.25) is 4.79 Å². The molecule has 1 aliphatic heterocycles. The molecule has 0 radical (unpaired) electrons. The van der Waals surface area contributed by atoms with E-state index in [1.807, 2.05) is 23.6 Å². The van der Waals surface area contributed by atoms with E-state index in [9.17, 15) is 4.79 Å². The van der Waals surface area contributed by atoms with Crippen molar-refractivity contribution in [1.82, 2.24) is 20.3 Å². The SMILES string of the molecule is COc1ccc(-c2nc(CCNC(=O)c3cc(N4CCOCC4)ncn3)cs2)cc1OC. The van der Waals surface area contributed by atoms with Crippen LogP contribution in [0.4, 0.5) is 5.82 Å². The minimum absolute atomic E-state index is 0.225. The number of hydrogen-bond acceptors (Lipinski definition) is 9. The van der Waals surface area contributed by atoms with Gasteiger partial charge in [0.25, 0.3) is 5.91 Å². The molecule has 0 aliphatic carbocycles. The van der Waals surface area contributed by atoms with Gasteiger partial charge in [0.1, 0.15) is 22.8 Å². The Balaban J connectivity index is 1.33. The van der Waals surface area contributed by atoms with Gasteiger partial charge in [-0.1, -0.05) is 0 Å². The quantitative estimate of drug-likeness (QED) is 0.553. The number of morpholine rings is 1. The Hall–Kier alpha value is -3.24. The zero-order chi connectivity index (χ0) is 22.3. The maximum atomic E-state index is 12.5. The van der Waals surface area contributed by atoms with E-state index in [0.29, 0.717) is 43.4 Å². The third kappa shape index (κ3) is 5.14. The first kappa shape index (κ1) is 22.0. The van der Waals surface area contributed by atoms with E-state index in [-0.39, 0.29) is 5.91 Å². The number of nitrogens with one attached hydrogen (secondary N) is 1. The Morgan fingerprint density at radius 1 is 1.16 bits per heavy atom. The minimum atomic E-state index is -0.225. The summed E-state index contributed by atoms with van der Waals surface area (Å²) in [6.45, 7) is 3.29. The molecule has 0 spiro atoms. The van der Waals surface area contributed by atoms with Gasteiger partial charge in [-0.05, 0) is 18.2 Å². The summed E-state index contributed by atoms with van der Waals surface area (Å²) in [6.07, 6.45) is 2.05. The van der Waals surface area contributed by atoms with Crippen LogP contribution in [0.15, 0.2) is 36.0 Å². The largest absolute Gasteiger partial charge is 0.493 e. The molecule has 3 aromatic rings. The average Bonchev–Trinajstić information content (AvgIpc) is 3.33. The summed E-state index contributed by atoms with van der Waals surface area (Å²) in [7, 11) is 3.22. The van der Waals surface area contributed by atoms with Gasteiger partial charge < -0.3 is 24.4 Å². The Labute approximate surface area is 190 Å². The van der Waals surface area contributed by atoms with E-state index in [1.54, 1.807) is 31.6 Å². The highest BCUT2D eigenvalue weighted by Crippen LogP contribution is 2.33. The van der Waals surface area contributed by atoms with Gasteiger partial charge in [-0.2, -0.15) is 0 Å². The fraction of sp³-hybridized carbons (Fsp3) is 0.364. The molecule has 168 valence electrons. The van der Waals surface area contributed by atoms with Crippen LogP contribution in [0, 0.1) is 0 Å². The number of ether oxygens (including phenoxy) is 3. The van der Waals surface area contributed by atoms with Crippen molar-refractivity contribution in [3.8, 4) is 22.1 Å². The number of carbonyl (C=O) groups is 1. The average molecular weight is 456 g/mol. The third-order valence-electron chi connectivity index (χ3n) is 5.07. The zero-order valence-electron chi connectivity index (χ0n) is 18.0. The van der Waals surface area contributed by atoms with Gasteiger partial charge in [0.15, 0.2) is 11.5 Å². The van der Waals surface area contributed by atoms with E-state index >= 15 is 0 Å². The summed E-state index contributed by atoms with van der Waals surface area (Å²) in [5, 5.41) is 5.80. The van der Waals surface area contributed by atoms with Gasteiger partial charge in [0.05, 0.1) is 33.1 Å². The lowest BCUT2D eigenvalue weighted by atomic mass is 10.2. The number of carbonyl (C=O) groups excluding carboxylic acids is 1. The Morgan fingerprint density at radius 3 is 2.75 bits per heavy atom. The summed E-state index contributed by atoms with van der Waals surface area (Å²) >= 11 is 1.55. The monoisotopic (exact) mass is 455 g/mol. The van der Waals surface area contributed by atoms with E-state index in [2.05, 4.69) is 25.2 Å². The number of benzene rings is 1. The molecule has 1 aromatic carbocycles. The maximum Gasteiger partial charge on any atom is 0.270 e. The fourth-order valence-corrected chi connectivity index (χ4v) is 4.21. The van der Waals surface area contributed by atoms with Gasteiger partial charge in [0, 0.05) is 43.1 Å². The molecule has 10 heteroatoms. The van der Waals surface area contributed by atoms with Crippen LogP contribution < -0.4 is 19.7 Å². The molecule has 3 heterocycles. The third-order valence-corrected chi connectivity index (χ3v) is 6.01. The van der Waals surface area contributed by atoms with Crippen LogP contribution in [0.2, 0.25) is 0 Å². The number of hydrogen-bond donors (Lipinski definition) is 1. The van der Waals surface area contributed by atoms with Crippen LogP contribution in [0.25, 0.3) is 10.6 Å². The highest BCUT2D eigenvalue weighted by molar-refractivity contribution is 7.13. The van der Waals surface area contributed by atoms with E-state index < -0.39 is 0 Å². The molecular weight excluding hydrogens is 430 g/mol. The highest BCUT2D eigenvalue weighted by Gasteiger charge is 2.16. The predicted octanol–water partition coefficient (Wildman–Crippen LogP) is 2.43. The maximum absolute atomic E-state index is 12.5. The molecule has 1 aliphatic rings. The molecule has 0 saturated carbocycles. The van der Waals surface area contributed by atoms with Crippen LogP contribution in [0.1, 0.15) is 16.2 Å². The summed E-state index contributed by atoms with van der Waals surface area (Å²) in [5.41, 5.74) is 2.22. The van der Waals surface area contributed by atoms with E-state index in [0.717, 1.165) is 35.2 Å². The second-order valence-electron chi connectivity index (χ2n) is 7.08. The lowest BCUT2D eigenvalue weighted by Gasteiger charge is -2.27. The van der Waals surface area contributed by atoms with Gasteiger partial charge >= 0.3 is 0 Å². The normalized spacial score (nSPS) is 13.6. The molecule has 1 saturated heterocycles. The van der Waals surface area contributed by atoms with Crippen LogP contribution in [-0.4, -0.2) is 67.9 Å². The van der Waals surface area contributed by atoms with Crippen molar-refractivity contribution in [2.24, 2.45) is 0 Å². The van der Waals surface area contributed by atoms with Crippen molar-refractivity contribution in [1.29, 1.82) is 0 Å². The number of nitrogens with zero attached hydrogens (tertiary/aromatic N) is 4. The summed E-state index contributed by atoms with van der Waals surface area (Å²) in [5.74, 6) is 1.86. The van der Waals surface area contributed by atoms with Crippen LogP contribution in [0.5, 0.6) is 11.5 Å². The minimum Gasteiger partial charge on any atom is -0.493 e. The summed E-state index contributed by atoms with van der Waals surface area (Å²) < 4.78 is 16.0. The number of rotatable bonds is 8. The van der Waals surface area contributed by atoms with Crippen LogP contribution in [0.3, 0.4) is 0 Å². The molecule has 0 unspecified atom stereocenters. The Bertz CT molecular complexity index is 1070. The molecule has 0 atom stereocenters. The first-order valence-electron chi connectivity index (χ1n) is 10.3. The molecule has 9 nitrogen and oxygen atoms in total. The van der Waals surface area contributed by atoms with Crippen molar-refractivity contribution in [3.63, 3.8) is 0 Å². The van der Waals surface area contributed by atoms with E-state index in [4.69, 9.17) is 14.2 Å². The number of amides is 1. The van der Waals surface area contributed by atoms with Crippen molar-refractivity contribution in [2.75, 3.05) is 52.0 Å². The molecule has 1 fully saturated rings. The van der Waals surface area contributed by atoms with Crippen molar-refractivity contribution in [2.45, 2.75) is 6.42 Å². The predicted molar refractivity (Wildman–Crippen MR) is 122 cm³/mol. The number of thiazole rings is 1. The molecular formula is C22H25N5O4S. The summed E-state index contributed by atoms with van der Waals surface area (Å²) in [6, 6.07) is 7.44. The molecule has 32 heavy (non-hydrogen) atoms. The lowest BCUT2D eigenvalue weighted by molar-refractivity contribution is 0.0949. The number of methoxy groups -OCH3 is 2. The summed E-state index contributed by atoms with van der Waals surface area (Å²) in [4.78, 5) is 27.7. The first-order valence-corrected chi connectivity index (χ1v) is 11.2. The van der Waals surface area contributed by atoms with Crippen molar-refractivity contribution < 1.29 is 19.0 Å². The Morgan fingerprint density at radius 2 is 1.97 bits per heavy atom. The molecule has 0 bridgehead atoms. The molecule has 2 aromatic heterocycles. The fourth-order valence-electron chi connectivity index (χ4n) is 3.35. The van der Waals surface area contributed by atoms with Crippen molar-refractivity contribution >= 4 is 23.1 Å². The van der Waals surface area contributed by atoms with Crippen molar-refractivity contribution in [3.05, 3.63) is 47.4 Å². The van der Waals surface area contributed by atoms with Gasteiger partial charge in [-0.15, -0.1) is 11.3 Å². The first-order chi connectivity index (χ1) is 15.7. The number of aromatic nitrogens is 3. The van der Waals surface area contributed by atoms with Crippen LogP contribution >= 0.6 is 11.3 Å². The van der Waals surface area contributed by atoms with Crippen LogP contribution in [-0.2, 0) is 11.2 Å². The second-order valence-corrected chi connectivity index (χ2v) is 7.94. The smallest absolute Gasteiger partial charge is 0.270 e. The molecule has 4 rings (SSSR count). The standard InChI is InChI=1S/C22H25N5O4S/c1-29-18-4-3-15(11-19(18)30-2)22-26-16(13-32-22)5-6-23-21(28)17-12-20(25-14-24-17)27-7-9-31-10-8-27/h3-4,11-14H,5-10H2,1-2H3,(H,23,28). The zero-order valence-corrected chi connectivity index (χ0v) is 18.9. The number of anilines is 1. The lowest BCUT2D eigenvalue weighted by Crippen LogP contribution is -2.37. The Kier molecular flexibility index (Phi) is 7.13. The molecule has 1 amide bonds. The van der Waals surface area contributed by atoms with Gasteiger partial charge in [-0.25, -0.2) is 15.0 Å². The van der Waals surface area contributed by atoms with Gasteiger partial charge in [0.2, 0.25) is 0 Å². The second kappa shape index (κ2) is 10.4. The van der Waals surface area contributed by atoms with E-state index in [1.165, 1.54) is 6.33 Å².